The molecule has 0 aliphatic heterocycles. The maximum atomic E-state index is 11.3. The lowest BCUT2D eigenvalue weighted by Gasteiger charge is -2.06. The van der Waals surface area contributed by atoms with Crippen LogP contribution >= 0.6 is 15.9 Å². The lowest BCUT2D eigenvalue weighted by atomic mass is 10.1. The molecule has 1 heterocycles. The first-order valence-electron chi connectivity index (χ1n) is 5.32. The fourth-order valence-corrected chi connectivity index (χ4v) is 2.37. The van der Waals surface area contributed by atoms with Crippen LogP contribution in [-0.4, -0.2) is 15.6 Å². The third kappa shape index (κ3) is 2.13. The molecule has 0 bridgehead atoms. The molecule has 0 radical (unpaired) electrons. The van der Waals surface area contributed by atoms with Crippen molar-refractivity contribution < 1.29 is 9.90 Å². The number of halogens is 1. The van der Waals surface area contributed by atoms with Gasteiger partial charge < -0.3 is 9.67 Å². The van der Waals surface area contributed by atoms with Gasteiger partial charge in [-0.05, 0) is 24.6 Å². The Bertz CT molecular complexity index is 560. The molecule has 4 heteroatoms. The number of nitrogens with zero attached hydrogens (tertiary/aromatic N) is 1. The van der Waals surface area contributed by atoms with Crippen LogP contribution < -0.4 is 0 Å². The van der Waals surface area contributed by atoms with E-state index in [0.717, 1.165) is 15.6 Å². The molecule has 3 nitrogen and oxygen atoms in total. The monoisotopic (exact) mass is 293 g/mol. The van der Waals surface area contributed by atoms with E-state index in [1.807, 2.05) is 37.3 Å². The van der Waals surface area contributed by atoms with E-state index in [0.29, 0.717) is 12.2 Å². The van der Waals surface area contributed by atoms with Crippen molar-refractivity contribution in [3.05, 3.63) is 46.7 Å². The van der Waals surface area contributed by atoms with Crippen LogP contribution in [-0.2, 0) is 6.54 Å². The third-order valence-electron chi connectivity index (χ3n) is 2.67. The predicted octanol–water partition coefficient (Wildman–Crippen LogP) is 3.64. The number of carboxylic acid groups (broad SMARTS) is 1. The van der Waals surface area contributed by atoms with Gasteiger partial charge in [0, 0.05) is 22.8 Å². The Kier molecular flexibility index (Phi) is 3.33. The number of carboxylic acids is 1. The quantitative estimate of drug-likeness (QED) is 0.939. The number of rotatable bonds is 3. The summed E-state index contributed by atoms with van der Waals surface area (Å²) >= 11 is 3.45. The summed E-state index contributed by atoms with van der Waals surface area (Å²) in [5.74, 6) is -0.900. The first-order chi connectivity index (χ1) is 8.15. The average Bonchev–Trinajstić information content (AvgIpc) is 2.73. The molecule has 1 aromatic heterocycles. The summed E-state index contributed by atoms with van der Waals surface area (Å²) < 4.78 is 2.63. The average molecular weight is 294 g/mol. The van der Waals surface area contributed by atoms with Crippen molar-refractivity contribution in [1.82, 2.24) is 4.57 Å². The predicted molar refractivity (Wildman–Crippen MR) is 70.2 cm³/mol. The standard InChI is InChI=1S/C13H12BrNO2/c1-2-15-8-7-10(12(15)13(16)17)9-5-3-4-6-11(9)14/h3-8H,2H2,1H3,(H,16,17). The molecule has 0 aliphatic rings. The summed E-state index contributed by atoms with van der Waals surface area (Å²) in [5, 5.41) is 9.28. The smallest absolute Gasteiger partial charge is 0.353 e. The normalized spacial score (nSPS) is 10.5. The lowest BCUT2D eigenvalue weighted by Crippen LogP contribution is -2.07. The number of benzene rings is 1. The van der Waals surface area contributed by atoms with Gasteiger partial charge in [0.05, 0.1) is 0 Å². The van der Waals surface area contributed by atoms with Crippen LogP contribution in [0.2, 0.25) is 0 Å². The fraction of sp³-hybridized carbons (Fsp3) is 0.154. The SMILES string of the molecule is CCn1ccc(-c2ccccc2Br)c1C(=O)O. The third-order valence-corrected chi connectivity index (χ3v) is 3.36. The zero-order valence-corrected chi connectivity index (χ0v) is 10.9. The Balaban J connectivity index is 2.64. The molecular formula is C13H12BrNO2. The van der Waals surface area contributed by atoms with E-state index in [-0.39, 0.29) is 0 Å². The van der Waals surface area contributed by atoms with Crippen molar-refractivity contribution in [2.45, 2.75) is 13.5 Å². The van der Waals surface area contributed by atoms with Crippen molar-refractivity contribution in [2.75, 3.05) is 0 Å². The van der Waals surface area contributed by atoms with E-state index in [1.54, 1.807) is 10.8 Å². The van der Waals surface area contributed by atoms with Gasteiger partial charge in [-0.15, -0.1) is 0 Å². The minimum atomic E-state index is -0.900. The zero-order valence-electron chi connectivity index (χ0n) is 9.35. The highest BCUT2D eigenvalue weighted by Gasteiger charge is 2.17. The number of aromatic nitrogens is 1. The minimum Gasteiger partial charge on any atom is -0.477 e. The van der Waals surface area contributed by atoms with E-state index in [9.17, 15) is 9.90 Å². The zero-order chi connectivity index (χ0) is 12.4. The topological polar surface area (TPSA) is 42.2 Å². The first kappa shape index (κ1) is 11.9. The maximum absolute atomic E-state index is 11.3. The van der Waals surface area contributed by atoms with Crippen LogP contribution in [0.3, 0.4) is 0 Å². The number of carbonyl (C=O) groups is 1. The molecule has 0 spiro atoms. The molecule has 2 rings (SSSR count). The fourth-order valence-electron chi connectivity index (χ4n) is 1.87. The van der Waals surface area contributed by atoms with Crippen molar-refractivity contribution >= 4 is 21.9 Å². The van der Waals surface area contributed by atoms with E-state index < -0.39 is 5.97 Å². The number of aromatic carboxylic acids is 1. The van der Waals surface area contributed by atoms with Crippen LogP contribution in [0.25, 0.3) is 11.1 Å². The number of aryl methyl sites for hydroxylation is 1. The van der Waals surface area contributed by atoms with Crippen molar-refractivity contribution in [1.29, 1.82) is 0 Å². The summed E-state index contributed by atoms with van der Waals surface area (Å²) in [6.45, 7) is 2.57. The maximum Gasteiger partial charge on any atom is 0.353 e. The van der Waals surface area contributed by atoms with E-state index >= 15 is 0 Å². The van der Waals surface area contributed by atoms with Crippen LogP contribution in [0.5, 0.6) is 0 Å². The van der Waals surface area contributed by atoms with Crippen molar-refractivity contribution in [2.24, 2.45) is 0 Å². The second kappa shape index (κ2) is 4.75. The van der Waals surface area contributed by atoms with Crippen LogP contribution in [0.1, 0.15) is 17.4 Å². The molecule has 88 valence electrons. The van der Waals surface area contributed by atoms with E-state index in [4.69, 9.17) is 0 Å². The molecule has 1 N–H and O–H groups in total. The van der Waals surface area contributed by atoms with Crippen molar-refractivity contribution in [3.8, 4) is 11.1 Å². The highest BCUT2D eigenvalue weighted by Crippen LogP contribution is 2.31. The second-order valence-corrected chi connectivity index (χ2v) is 4.50. The van der Waals surface area contributed by atoms with Crippen molar-refractivity contribution in [3.63, 3.8) is 0 Å². The highest BCUT2D eigenvalue weighted by atomic mass is 79.9. The molecule has 0 fully saturated rings. The highest BCUT2D eigenvalue weighted by molar-refractivity contribution is 9.10. The summed E-state index contributed by atoms with van der Waals surface area (Å²) in [7, 11) is 0. The molecular weight excluding hydrogens is 282 g/mol. The molecule has 0 atom stereocenters. The van der Waals surface area contributed by atoms with Gasteiger partial charge in [0.2, 0.25) is 0 Å². The van der Waals surface area contributed by atoms with E-state index in [1.165, 1.54) is 0 Å². The molecule has 1 aromatic carbocycles. The lowest BCUT2D eigenvalue weighted by molar-refractivity contribution is 0.0686. The van der Waals surface area contributed by atoms with Gasteiger partial charge in [0.1, 0.15) is 5.69 Å². The summed E-state index contributed by atoms with van der Waals surface area (Å²) in [6, 6.07) is 9.46. The van der Waals surface area contributed by atoms with Crippen LogP contribution in [0.4, 0.5) is 0 Å². The molecule has 0 saturated carbocycles. The Morgan fingerprint density at radius 3 is 2.59 bits per heavy atom. The second-order valence-electron chi connectivity index (χ2n) is 3.65. The van der Waals surface area contributed by atoms with E-state index in [2.05, 4.69) is 15.9 Å². The molecule has 0 saturated heterocycles. The summed E-state index contributed by atoms with van der Waals surface area (Å²) in [5.41, 5.74) is 1.98. The van der Waals surface area contributed by atoms with Gasteiger partial charge in [-0.1, -0.05) is 34.1 Å². The van der Waals surface area contributed by atoms with Gasteiger partial charge in [-0.3, -0.25) is 0 Å². The first-order valence-corrected chi connectivity index (χ1v) is 6.11. The number of hydrogen-bond acceptors (Lipinski definition) is 1. The summed E-state index contributed by atoms with van der Waals surface area (Å²) in [4.78, 5) is 11.3. The Morgan fingerprint density at radius 1 is 1.29 bits per heavy atom. The molecule has 0 amide bonds. The van der Waals surface area contributed by atoms with Gasteiger partial charge in [-0.25, -0.2) is 4.79 Å². The number of hydrogen-bond donors (Lipinski definition) is 1. The van der Waals surface area contributed by atoms with Crippen LogP contribution in [0.15, 0.2) is 41.0 Å². The Hall–Kier alpha value is -1.55. The van der Waals surface area contributed by atoms with Gasteiger partial charge in [0.25, 0.3) is 0 Å². The molecule has 17 heavy (non-hydrogen) atoms. The van der Waals surface area contributed by atoms with Gasteiger partial charge >= 0.3 is 5.97 Å². The Labute approximate surface area is 108 Å². The largest absolute Gasteiger partial charge is 0.477 e. The van der Waals surface area contributed by atoms with Gasteiger partial charge in [0.15, 0.2) is 0 Å². The minimum absolute atomic E-state index is 0.333. The van der Waals surface area contributed by atoms with Gasteiger partial charge in [-0.2, -0.15) is 0 Å². The van der Waals surface area contributed by atoms with Crippen LogP contribution in [0, 0.1) is 0 Å². The molecule has 0 unspecified atom stereocenters. The molecule has 0 aliphatic carbocycles. The summed E-state index contributed by atoms with van der Waals surface area (Å²) in [6.07, 6.45) is 1.80. The molecule has 2 aromatic rings. The Morgan fingerprint density at radius 2 is 2.00 bits per heavy atom.